The Kier molecular flexibility index (Phi) is 5.78. The predicted octanol–water partition coefficient (Wildman–Crippen LogP) is 3.66. The van der Waals surface area contributed by atoms with E-state index < -0.39 is 0 Å². The minimum absolute atomic E-state index is 0.387. The number of hydrogen-bond acceptors (Lipinski definition) is 2. The lowest BCUT2D eigenvalue weighted by Crippen LogP contribution is -2.40. The zero-order valence-corrected chi connectivity index (χ0v) is 12.4. The van der Waals surface area contributed by atoms with Crippen LogP contribution < -0.4 is 5.43 Å². The van der Waals surface area contributed by atoms with Crippen molar-refractivity contribution in [3.05, 3.63) is 71.8 Å². The van der Waals surface area contributed by atoms with Gasteiger partial charge in [0.05, 0.1) is 0 Å². The number of nitrogens with one attached hydrogen (secondary N) is 1. The lowest BCUT2D eigenvalue weighted by molar-refractivity contribution is 0.206. The molecule has 2 aromatic carbocycles. The zero-order valence-electron chi connectivity index (χ0n) is 12.4. The highest BCUT2D eigenvalue weighted by molar-refractivity contribution is 5.32. The fourth-order valence-corrected chi connectivity index (χ4v) is 2.47. The molecule has 0 fully saturated rings. The fourth-order valence-electron chi connectivity index (χ4n) is 2.47. The second kappa shape index (κ2) is 7.83. The molecule has 2 rings (SSSR count). The van der Waals surface area contributed by atoms with Crippen molar-refractivity contribution in [2.75, 3.05) is 19.6 Å². The zero-order chi connectivity index (χ0) is 14.2. The maximum Gasteiger partial charge on any atom is 0.0228 e. The van der Waals surface area contributed by atoms with Gasteiger partial charge >= 0.3 is 0 Å². The van der Waals surface area contributed by atoms with E-state index in [1.165, 1.54) is 11.1 Å². The first-order valence-electron chi connectivity index (χ1n) is 7.43. The van der Waals surface area contributed by atoms with Gasteiger partial charge in [-0.1, -0.05) is 74.5 Å². The lowest BCUT2D eigenvalue weighted by Gasteiger charge is -2.25. The summed E-state index contributed by atoms with van der Waals surface area (Å²) in [6, 6.07) is 21.4. The van der Waals surface area contributed by atoms with Crippen molar-refractivity contribution in [3.8, 4) is 0 Å². The summed E-state index contributed by atoms with van der Waals surface area (Å²) in [7, 11) is 0. The molecule has 1 N–H and O–H groups in total. The van der Waals surface area contributed by atoms with Gasteiger partial charge in [0.1, 0.15) is 0 Å². The summed E-state index contributed by atoms with van der Waals surface area (Å²) in [4.78, 5) is 0. The minimum atomic E-state index is 0.387. The third-order valence-electron chi connectivity index (χ3n) is 3.69. The molecule has 2 aromatic rings. The molecule has 0 unspecified atom stereocenters. The normalized spacial score (nSPS) is 11.2. The van der Waals surface area contributed by atoms with Crippen LogP contribution in [0, 0.1) is 0 Å². The molecule has 0 saturated heterocycles. The third kappa shape index (κ3) is 3.92. The molecule has 0 aliphatic heterocycles. The molecular formula is C18H24N2. The van der Waals surface area contributed by atoms with E-state index in [0.29, 0.717) is 5.92 Å². The SMILES string of the molecule is CCN(CC)NCC(c1ccccc1)c1ccccc1. The first-order valence-corrected chi connectivity index (χ1v) is 7.43. The average Bonchev–Trinajstić information content (AvgIpc) is 2.53. The van der Waals surface area contributed by atoms with Crippen molar-refractivity contribution in [1.29, 1.82) is 0 Å². The largest absolute Gasteiger partial charge is 0.254 e. The molecule has 0 heterocycles. The van der Waals surface area contributed by atoms with E-state index in [-0.39, 0.29) is 0 Å². The van der Waals surface area contributed by atoms with Gasteiger partial charge in [-0.05, 0) is 11.1 Å². The first-order chi connectivity index (χ1) is 9.85. The summed E-state index contributed by atoms with van der Waals surface area (Å²) in [6.07, 6.45) is 0. The fraction of sp³-hybridized carbons (Fsp3) is 0.333. The second-order valence-electron chi connectivity index (χ2n) is 4.91. The maximum atomic E-state index is 3.55. The Morgan fingerprint density at radius 3 is 1.65 bits per heavy atom. The van der Waals surface area contributed by atoms with Crippen molar-refractivity contribution >= 4 is 0 Å². The van der Waals surface area contributed by atoms with Crippen molar-refractivity contribution in [1.82, 2.24) is 10.4 Å². The van der Waals surface area contributed by atoms with Crippen LogP contribution in [0.3, 0.4) is 0 Å². The molecule has 0 aliphatic rings. The number of nitrogens with zero attached hydrogens (tertiary/aromatic N) is 1. The van der Waals surface area contributed by atoms with E-state index in [1.807, 2.05) is 0 Å². The van der Waals surface area contributed by atoms with E-state index in [2.05, 4.69) is 84.9 Å². The van der Waals surface area contributed by atoms with Gasteiger partial charge in [-0.15, -0.1) is 0 Å². The quantitative estimate of drug-likeness (QED) is 0.771. The van der Waals surface area contributed by atoms with Crippen LogP contribution in [0.5, 0.6) is 0 Å². The Labute approximate surface area is 122 Å². The lowest BCUT2D eigenvalue weighted by atomic mass is 9.91. The molecule has 0 amide bonds. The van der Waals surface area contributed by atoms with Crippen molar-refractivity contribution in [2.45, 2.75) is 19.8 Å². The summed E-state index contributed by atoms with van der Waals surface area (Å²) < 4.78 is 0. The molecule has 0 bridgehead atoms. The summed E-state index contributed by atoms with van der Waals surface area (Å²) in [5.41, 5.74) is 6.27. The monoisotopic (exact) mass is 268 g/mol. The standard InChI is InChI=1S/C18H24N2/c1-3-20(4-2)19-15-18(16-11-7-5-8-12-16)17-13-9-6-10-14-17/h5-14,18-19H,3-4,15H2,1-2H3. The first kappa shape index (κ1) is 14.8. The number of hydrogen-bond donors (Lipinski definition) is 1. The van der Waals surface area contributed by atoms with Crippen LogP contribution in [-0.4, -0.2) is 24.6 Å². The number of rotatable bonds is 7. The van der Waals surface area contributed by atoms with Crippen molar-refractivity contribution in [2.24, 2.45) is 0 Å². The van der Waals surface area contributed by atoms with Gasteiger partial charge in [0.25, 0.3) is 0 Å². The highest BCUT2D eigenvalue weighted by Crippen LogP contribution is 2.23. The van der Waals surface area contributed by atoms with Gasteiger partial charge in [0.15, 0.2) is 0 Å². The van der Waals surface area contributed by atoms with Crippen LogP contribution in [0.1, 0.15) is 30.9 Å². The van der Waals surface area contributed by atoms with Crippen molar-refractivity contribution in [3.63, 3.8) is 0 Å². The number of hydrazine groups is 1. The van der Waals surface area contributed by atoms with Crippen LogP contribution in [0.2, 0.25) is 0 Å². The Hall–Kier alpha value is -1.64. The van der Waals surface area contributed by atoms with E-state index in [4.69, 9.17) is 0 Å². The van der Waals surface area contributed by atoms with E-state index >= 15 is 0 Å². The molecule has 0 aromatic heterocycles. The van der Waals surface area contributed by atoms with Gasteiger partial charge in [0.2, 0.25) is 0 Å². The highest BCUT2D eigenvalue weighted by Gasteiger charge is 2.14. The van der Waals surface area contributed by atoms with Crippen molar-refractivity contribution < 1.29 is 0 Å². The van der Waals surface area contributed by atoms with Crippen LogP contribution in [-0.2, 0) is 0 Å². The van der Waals surface area contributed by atoms with Gasteiger partial charge in [-0.25, -0.2) is 5.01 Å². The second-order valence-corrected chi connectivity index (χ2v) is 4.91. The van der Waals surface area contributed by atoms with Crippen LogP contribution in [0.15, 0.2) is 60.7 Å². The van der Waals surface area contributed by atoms with E-state index in [9.17, 15) is 0 Å². The highest BCUT2D eigenvalue weighted by atomic mass is 15.5. The Morgan fingerprint density at radius 2 is 1.25 bits per heavy atom. The van der Waals surface area contributed by atoms with E-state index in [1.54, 1.807) is 0 Å². The maximum absolute atomic E-state index is 3.55. The topological polar surface area (TPSA) is 15.3 Å². The van der Waals surface area contributed by atoms with Gasteiger partial charge in [-0.3, -0.25) is 5.43 Å². The molecule has 0 radical (unpaired) electrons. The summed E-state index contributed by atoms with van der Waals surface area (Å²) in [5.74, 6) is 0.387. The molecule has 0 spiro atoms. The van der Waals surface area contributed by atoms with E-state index in [0.717, 1.165) is 19.6 Å². The average molecular weight is 268 g/mol. The third-order valence-corrected chi connectivity index (χ3v) is 3.69. The minimum Gasteiger partial charge on any atom is -0.254 e. The predicted molar refractivity (Wildman–Crippen MR) is 85.7 cm³/mol. The Bertz CT molecular complexity index is 438. The van der Waals surface area contributed by atoms with Crippen LogP contribution >= 0.6 is 0 Å². The summed E-state index contributed by atoms with van der Waals surface area (Å²) >= 11 is 0. The van der Waals surface area contributed by atoms with Gasteiger partial charge in [-0.2, -0.15) is 0 Å². The van der Waals surface area contributed by atoms with Gasteiger partial charge < -0.3 is 0 Å². The molecular weight excluding hydrogens is 244 g/mol. The molecule has 2 nitrogen and oxygen atoms in total. The number of benzene rings is 2. The molecule has 20 heavy (non-hydrogen) atoms. The molecule has 0 aliphatic carbocycles. The van der Waals surface area contributed by atoms with Crippen LogP contribution in [0.25, 0.3) is 0 Å². The molecule has 106 valence electrons. The van der Waals surface area contributed by atoms with Gasteiger partial charge in [0, 0.05) is 25.6 Å². The molecule has 2 heteroatoms. The molecule has 0 saturated carbocycles. The Balaban J connectivity index is 2.17. The Morgan fingerprint density at radius 1 is 0.800 bits per heavy atom. The summed E-state index contributed by atoms with van der Waals surface area (Å²) in [5, 5.41) is 2.25. The molecule has 0 atom stereocenters. The van der Waals surface area contributed by atoms with Crippen LogP contribution in [0.4, 0.5) is 0 Å². The summed E-state index contributed by atoms with van der Waals surface area (Å²) in [6.45, 7) is 7.32. The smallest absolute Gasteiger partial charge is 0.0228 e.